The average molecular weight is 426 g/mol. The molecule has 7 nitrogen and oxygen atoms in total. The van der Waals surface area contributed by atoms with E-state index in [9.17, 15) is 4.79 Å². The van der Waals surface area contributed by atoms with Crippen molar-refractivity contribution in [1.29, 1.82) is 0 Å². The van der Waals surface area contributed by atoms with Crippen molar-refractivity contribution in [3.63, 3.8) is 0 Å². The first-order chi connectivity index (χ1) is 14.4. The number of hydrogen-bond donors (Lipinski definition) is 3. The number of aromatic nitrogens is 4. The molecule has 0 saturated carbocycles. The van der Waals surface area contributed by atoms with Gasteiger partial charge in [-0.15, -0.1) is 0 Å². The average Bonchev–Trinajstić information content (AvgIpc) is 3.31. The minimum atomic E-state index is -0.390. The Morgan fingerprint density at radius 3 is 2.73 bits per heavy atom. The van der Waals surface area contributed by atoms with Gasteiger partial charge in [-0.1, -0.05) is 25.4 Å². The summed E-state index contributed by atoms with van der Waals surface area (Å²) in [7, 11) is 3.18. The minimum Gasteiger partial charge on any atom is -0.465 e. The van der Waals surface area contributed by atoms with Gasteiger partial charge in [-0.2, -0.15) is 10.2 Å². The fourth-order valence-corrected chi connectivity index (χ4v) is 4.17. The number of esters is 1. The van der Waals surface area contributed by atoms with Crippen molar-refractivity contribution >= 4 is 45.2 Å². The number of fused-ring (bicyclic) bond motifs is 2. The molecule has 2 aromatic carbocycles. The molecule has 30 heavy (non-hydrogen) atoms. The second-order valence-corrected chi connectivity index (χ2v) is 8.20. The number of H-pyrrole nitrogens is 2. The highest BCUT2D eigenvalue weighted by Gasteiger charge is 2.21. The smallest absolute Gasteiger partial charge is 0.338 e. The molecule has 156 valence electrons. The van der Waals surface area contributed by atoms with Crippen molar-refractivity contribution in [1.82, 2.24) is 20.4 Å². The number of anilines is 1. The van der Waals surface area contributed by atoms with Gasteiger partial charge < -0.3 is 10.1 Å². The highest BCUT2D eigenvalue weighted by Crippen LogP contribution is 2.33. The highest BCUT2D eigenvalue weighted by molar-refractivity contribution is 6.31. The van der Waals surface area contributed by atoms with Crippen molar-refractivity contribution in [2.24, 2.45) is 5.92 Å². The van der Waals surface area contributed by atoms with Crippen molar-refractivity contribution in [2.45, 2.75) is 26.7 Å². The van der Waals surface area contributed by atoms with Gasteiger partial charge in [0.1, 0.15) is 0 Å². The number of benzene rings is 2. The van der Waals surface area contributed by atoms with Crippen LogP contribution in [0.4, 0.5) is 5.82 Å². The van der Waals surface area contributed by atoms with E-state index in [1.54, 1.807) is 13.1 Å². The standard InChI is InChI=1S/C22H24ClN5O2/c1-11(2)7-18-16-10-13(23)8-12(20(16)27-26-18)9-15-14(22(29)30-4)5-6-17-19(15)21(24-3)28-25-17/h5-6,8,10-11H,7,9H2,1-4H3,(H,26,27)(H2,24,25,28). The van der Waals surface area contributed by atoms with Gasteiger partial charge in [-0.05, 0) is 47.7 Å². The molecule has 4 rings (SSSR count). The fourth-order valence-electron chi connectivity index (χ4n) is 3.93. The van der Waals surface area contributed by atoms with Crippen molar-refractivity contribution < 1.29 is 9.53 Å². The third-order valence-corrected chi connectivity index (χ3v) is 5.47. The molecule has 0 unspecified atom stereocenters. The molecule has 4 aromatic rings. The molecule has 0 fully saturated rings. The second-order valence-electron chi connectivity index (χ2n) is 7.76. The number of halogens is 1. The zero-order chi connectivity index (χ0) is 21.4. The molecule has 0 amide bonds. The molecule has 0 aliphatic carbocycles. The zero-order valence-electron chi connectivity index (χ0n) is 17.4. The van der Waals surface area contributed by atoms with Gasteiger partial charge in [-0.25, -0.2) is 4.79 Å². The van der Waals surface area contributed by atoms with Crippen LogP contribution in [0.15, 0.2) is 24.3 Å². The number of rotatable bonds is 6. The lowest BCUT2D eigenvalue weighted by molar-refractivity contribution is 0.0600. The van der Waals surface area contributed by atoms with Gasteiger partial charge in [0.05, 0.1) is 29.4 Å². The van der Waals surface area contributed by atoms with E-state index in [0.717, 1.165) is 45.0 Å². The van der Waals surface area contributed by atoms with Gasteiger partial charge in [-0.3, -0.25) is 10.2 Å². The Balaban J connectivity index is 1.92. The highest BCUT2D eigenvalue weighted by atomic mass is 35.5. The maximum Gasteiger partial charge on any atom is 0.338 e. The Kier molecular flexibility index (Phi) is 5.39. The lowest BCUT2D eigenvalue weighted by Gasteiger charge is -2.12. The van der Waals surface area contributed by atoms with E-state index in [1.807, 2.05) is 18.2 Å². The molecule has 0 spiro atoms. The monoisotopic (exact) mass is 425 g/mol. The fraction of sp³-hybridized carbons (Fsp3) is 0.318. The van der Waals surface area contributed by atoms with Gasteiger partial charge in [0.2, 0.25) is 0 Å². The molecular weight excluding hydrogens is 402 g/mol. The predicted octanol–water partition coefficient (Wildman–Crippen LogP) is 4.71. The van der Waals surface area contributed by atoms with Crippen molar-refractivity contribution in [3.8, 4) is 0 Å². The van der Waals surface area contributed by atoms with Gasteiger partial charge in [0.25, 0.3) is 0 Å². The van der Waals surface area contributed by atoms with Crippen LogP contribution >= 0.6 is 11.6 Å². The summed E-state index contributed by atoms with van der Waals surface area (Å²) in [5.74, 6) is 0.760. The third-order valence-electron chi connectivity index (χ3n) is 5.25. The topological polar surface area (TPSA) is 95.7 Å². The van der Waals surface area contributed by atoms with E-state index in [1.165, 1.54) is 7.11 Å². The Morgan fingerprint density at radius 1 is 1.23 bits per heavy atom. The quantitative estimate of drug-likeness (QED) is 0.389. The van der Waals surface area contributed by atoms with E-state index >= 15 is 0 Å². The zero-order valence-corrected chi connectivity index (χ0v) is 18.1. The molecule has 3 N–H and O–H groups in total. The molecule has 0 aliphatic rings. The third kappa shape index (κ3) is 3.50. The molecule has 0 atom stereocenters. The number of methoxy groups -OCH3 is 1. The van der Waals surface area contributed by atoms with E-state index in [-0.39, 0.29) is 0 Å². The Labute approximate surface area is 179 Å². The Hall–Kier alpha value is -3.06. The molecule has 2 aromatic heterocycles. The Bertz CT molecular complexity index is 1240. The second kappa shape index (κ2) is 7.99. The summed E-state index contributed by atoms with van der Waals surface area (Å²) in [6, 6.07) is 7.46. The maximum absolute atomic E-state index is 12.5. The summed E-state index contributed by atoms with van der Waals surface area (Å²) in [5.41, 5.74) is 5.04. The van der Waals surface area contributed by atoms with Crippen molar-refractivity contribution in [2.75, 3.05) is 19.5 Å². The summed E-state index contributed by atoms with van der Waals surface area (Å²) in [5, 5.41) is 20.6. The van der Waals surface area contributed by atoms with Crippen LogP contribution in [0, 0.1) is 5.92 Å². The molecule has 8 heteroatoms. The number of hydrogen-bond acceptors (Lipinski definition) is 5. The van der Waals surface area contributed by atoms with Crippen LogP contribution in [0.5, 0.6) is 0 Å². The van der Waals surface area contributed by atoms with Crippen LogP contribution in [-0.2, 0) is 17.6 Å². The van der Waals surface area contributed by atoms with E-state index in [0.29, 0.717) is 28.7 Å². The summed E-state index contributed by atoms with van der Waals surface area (Å²) in [6.07, 6.45) is 1.32. The lowest BCUT2D eigenvalue weighted by atomic mass is 9.94. The van der Waals surface area contributed by atoms with Gasteiger partial charge in [0.15, 0.2) is 5.82 Å². The first-order valence-electron chi connectivity index (χ1n) is 9.84. The number of carbonyl (C=O) groups excluding carboxylic acids is 1. The Morgan fingerprint density at radius 2 is 2.03 bits per heavy atom. The molecule has 0 radical (unpaired) electrons. The number of ether oxygens (including phenoxy) is 1. The van der Waals surface area contributed by atoms with Crippen LogP contribution in [0.25, 0.3) is 21.8 Å². The van der Waals surface area contributed by atoms with Gasteiger partial charge >= 0.3 is 5.97 Å². The van der Waals surface area contributed by atoms with Gasteiger partial charge in [0, 0.05) is 29.3 Å². The predicted molar refractivity (Wildman–Crippen MR) is 119 cm³/mol. The van der Waals surface area contributed by atoms with E-state index < -0.39 is 5.97 Å². The molecule has 0 bridgehead atoms. The molecular formula is C22H24ClN5O2. The largest absolute Gasteiger partial charge is 0.465 e. The minimum absolute atomic E-state index is 0.390. The SMILES string of the molecule is CNc1n[nH]c2ccc(C(=O)OC)c(Cc3cc(Cl)cc4c(CC(C)C)n[nH]c34)c12. The molecule has 2 heterocycles. The summed E-state index contributed by atoms with van der Waals surface area (Å²) < 4.78 is 5.04. The number of aromatic amines is 2. The van der Waals surface area contributed by atoms with Crippen LogP contribution in [0.2, 0.25) is 5.02 Å². The summed E-state index contributed by atoms with van der Waals surface area (Å²) in [4.78, 5) is 12.5. The first-order valence-corrected chi connectivity index (χ1v) is 10.2. The van der Waals surface area contributed by atoms with Crippen molar-refractivity contribution in [3.05, 3.63) is 51.7 Å². The molecule has 0 aliphatic heterocycles. The number of nitrogens with zero attached hydrogens (tertiary/aromatic N) is 2. The van der Waals surface area contributed by atoms with E-state index in [2.05, 4.69) is 39.6 Å². The van der Waals surface area contributed by atoms with Crippen LogP contribution in [0.1, 0.15) is 41.0 Å². The van der Waals surface area contributed by atoms with Crippen LogP contribution in [0.3, 0.4) is 0 Å². The van der Waals surface area contributed by atoms with E-state index in [4.69, 9.17) is 16.3 Å². The first kappa shape index (κ1) is 20.2. The number of carbonyl (C=O) groups is 1. The lowest BCUT2D eigenvalue weighted by Crippen LogP contribution is -2.07. The maximum atomic E-state index is 12.5. The summed E-state index contributed by atoms with van der Waals surface area (Å²) >= 11 is 6.48. The summed E-state index contributed by atoms with van der Waals surface area (Å²) in [6.45, 7) is 4.32. The van der Waals surface area contributed by atoms with Crippen LogP contribution < -0.4 is 5.32 Å². The number of nitrogens with one attached hydrogen (secondary N) is 3. The van der Waals surface area contributed by atoms with Crippen LogP contribution in [-0.4, -0.2) is 40.5 Å². The molecule has 0 saturated heterocycles. The normalized spacial score (nSPS) is 11.5.